The SMILES string of the molecule is CC(C)C(NC(=O)c1ccccc1Cl)C(=O)c1ccc(Cl)cc1. The minimum Gasteiger partial charge on any atom is -0.342 e. The number of hydrogen-bond donors (Lipinski definition) is 1. The Labute approximate surface area is 145 Å². The van der Waals surface area contributed by atoms with Crippen molar-refractivity contribution in [3.8, 4) is 0 Å². The van der Waals surface area contributed by atoms with Crippen molar-refractivity contribution in [3.63, 3.8) is 0 Å². The molecule has 1 atom stereocenters. The topological polar surface area (TPSA) is 46.2 Å². The summed E-state index contributed by atoms with van der Waals surface area (Å²) in [6, 6.07) is 12.7. The van der Waals surface area contributed by atoms with Gasteiger partial charge in [-0.25, -0.2) is 0 Å². The molecule has 2 rings (SSSR count). The molecule has 120 valence electrons. The summed E-state index contributed by atoms with van der Waals surface area (Å²) in [6.45, 7) is 3.76. The van der Waals surface area contributed by atoms with Crippen molar-refractivity contribution < 1.29 is 9.59 Å². The minimum atomic E-state index is -0.639. The van der Waals surface area contributed by atoms with E-state index in [0.29, 0.717) is 21.2 Å². The second-order valence-electron chi connectivity index (χ2n) is 5.55. The molecule has 1 N–H and O–H groups in total. The Balaban J connectivity index is 2.22. The van der Waals surface area contributed by atoms with Crippen molar-refractivity contribution in [2.24, 2.45) is 5.92 Å². The van der Waals surface area contributed by atoms with Crippen LogP contribution in [-0.4, -0.2) is 17.7 Å². The highest BCUT2D eigenvalue weighted by molar-refractivity contribution is 6.34. The van der Waals surface area contributed by atoms with Gasteiger partial charge in [0.2, 0.25) is 0 Å². The average Bonchev–Trinajstić information content (AvgIpc) is 2.52. The predicted octanol–water partition coefficient (Wildman–Crippen LogP) is 4.63. The normalized spacial score (nSPS) is 12.0. The molecule has 5 heteroatoms. The maximum Gasteiger partial charge on any atom is 0.253 e. The van der Waals surface area contributed by atoms with E-state index in [1.807, 2.05) is 13.8 Å². The molecule has 1 amide bonds. The van der Waals surface area contributed by atoms with Gasteiger partial charge in [-0.15, -0.1) is 0 Å². The summed E-state index contributed by atoms with van der Waals surface area (Å²) in [5.41, 5.74) is 0.858. The van der Waals surface area contributed by atoms with Crippen molar-refractivity contribution in [2.75, 3.05) is 0 Å². The largest absolute Gasteiger partial charge is 0.342 e. The summed E-state index contributed by atoms with van der Waals surface area (Å²) in [4.78, 5) is 25.1. The number of hydrogen-bond acceptors (Lipinski definition) is 2. The van der Waals surface area contributed by atoms with Gasteiger partial charge in [-0.05, 0) is 42.3 Å². The lowest BCUT2D eigenvalue weighted by atomic mass is 9.94. The zero-order valence-electron chi connectivity index (χ0n) is 12.8. The number of nitrogens with one attached hydrogen (secondary N) is 1. The first-order valence-electron chi connectivity index (χ1n) is 7.25. The summed E-state index contributed by atoms with van der Waals surface area (Å²) in [7, 11) is 0. The quantitative estimate of drug-likeness (QED) is 0.799. The van der Waals surface area contributed by atoms with Crippen molar-refractivity contribution in [2.45, 2.75) is 19.9 Å². The zero-order valence-corrected chi connectivity index (χ0v) is 14.4. The zero-order chi connectivity index (χ0) is 17.0. The molecule has 0 fully saturated rings. The number of carbonyl (C=O) groups excluding carboxylic acids is 2. The van der Waals surface area contributed by atoms with Crippen LogP contribution in [0.5, 0.6) is 0 Å². The highest BCUT2D eigenvalue weighted by atomic mass is 35.5. The van der Waals surface area contributed by atoms with Gasteiger partial charge in [0, 0.05) is 10.6 Å². The molecule has 1 unspecified atom stereocenters. The first kappa shape index (κ1) is 17.5. The summed E-state index contributed by atoms with van der Waals surface area (Å²) < 4.78 is 0. The van der Waals surface area contributed by atoms with Crippen LogP contribution in [0.1, 0.15) is 34.6 Å². The predicted molar refractivity (Wildman–Crippen MR) is 93.3 cm³/mol. The first-order chi connectivity index (χ1) is 10.9. The Morgan fingerprint density at radius 1 is 0.957 bits per heavy atom. The lowest BCUT2D eigenvalue weighted by Crippen LogP contribution is -2.44. The molecule has 2 aromatic carbocycles. The van der Waals surface area contributed by atoms with Gasteiger partial charge in [0.05, 0.1) is 16.6 Å². The second kappa shape index (κ2) is 7.62. The average molecular weight is 350 g/mol. The van der Waals surface area contributed by atoms with Gasteiger partial charge < -0.3 is 5.32 Å². The molecule has 3 nitrogen and oxygen atoms in total. The van der Waals surface area contributed by atoms with Crippen molar-refractivity contribution in [3.05, 3.63) is 69.7 Å². The molecule has 0 aliphatic rings. The number of amides is 1. The molecule has 2 aromatic rings. The van der Waals surface area contributed by atoms with E-state index in [0.717, 1.165) is 0 Å². The minimum absolute atomic E-state index is 0.0652. The van der Waals surface area contributed by atoms with E-state index in [9.17, 15) is 9.59 Å². The Morgan fingerprint density at radius 3 is 2.13 bits per heavy atom. The third-order valence-corrected chi connectivity index (χ3v) is 4.06. The Kier molecular flexibility index (Phi) is 5.80. The number of benzene rings is 2. The number of rotatable bonds is 5. The number of carbonyl (C=O) groups is 2. The van der Waals surface area contributed by atoms with E-state index in [-0.39, 0.29) is 17.6 Å². The molecule has 23 heavy (non-hydrogen) atoms. The third-order valence-electron chi connectivity index (χ3n) is 3.48. The van der Waals surface area contributed by atoms with Crippen molar-refractivity contribution in [1.29, 1.82) is 0 Å². The lowest BCUT2D eigenvalue weighted by Gasteiger charge is -2.21. The fourth-order valence-corrected chi connectivity index (χ4v) is 2.54. The van der Waals surface area contributed by atoms with Gasteiger partial charge in [0.15, 0.2) is 5.78 Å². The molecule has 0 bridgehead atoms. The maximum atomic E-state index is 12.7. The molecule has 0 aliphatic heterocycles. The summed E-state index contributed by atoms with van der Waals surface area (Å²) in [5.74, 6) is -0.585. The Morgan fingerprint density at radius 2 is 1.57 bits per heavy atom. The van der Waals surface area contributed by atoms with Gasteiger partial charge in [0.1, 0.15) is 0 Å². The van der Waals surface area contributed by atoms with Gasteiger partial charge in [-0.3, -0.25) is 9.59 Å². The molecule has 0 saturated carbocycles. The van der Waals surface area contributed by atoms with Crippen LogP contribution < -0.4 is 5.32 Å². The standard InChI is InChI=1S/C18H17Cl2NO2/c1-11(2)16(17(22)12-7-9-13(19)10-8-12)21-18(23)14-5-3-4-6-15(14)20/h3-11,16H,1-2H3,(H,21,23). The van der Waals surface area contributed by atoms with Gasteiger partial charge in [-0.1, -0.05) is 49.2 Å². The number of Topliss-reactive ketones (excluding diaryl/α,β-unsaturated/α-hetero) is 1. The second-order valence-corrected chi connectivity index (χ2v) is 6.39. The first-order valence-corrected chi connectivity index (χ1v) is 8.01. The third kappa shape index (κ3) is 4.34. The Hall–Kier alpha value is -1.84. The Bertz CT molecular complexity index is 711. The summed E-state index contributed by atoms with van der Waals surface area (Å²) >= 11 is 11.9. The highest BCUT2D eigenvalue weighted by Crippen LogP contribution is 2.18. The van der Waals surface area contributed by atoms with E-state index >= 15 is 0 Å². The van der Waals surface area contributed by atoms with Crippen LogP contribution in [0.4, 0.5) is 0 Å². The highest BCUT2D eigenvalue weighted by Gasteiger charge is 2.26. The van der Waals surface area contributed by atoms with Gasteiger partial charge >= 0.3 is 0 Å². The smallest absolute Gasteiger partial charge is 0.253 e. The molecular formula is C18H17Cl2NO2. The van der Waals surface area contributed by atoms with E-state index in [4.69, 9.17) is 23.2 Å². The van der Waals surface area contributed by atoms with E-state index in [1.165, 1.54) is 0 Å². The van der Waals surface area contributed by atoms with Crippen LogP contribution in [0.2, 0.25) is 10.0 Å². The fourth-order valence-electron chi connectivity index (χ4n) is 2.19. The molecule has 0 heterocycles. The maximum absolute atomic E-state index is 12.7. The van der Waals surface area contributed by atoms with Gasteiger partial charge in [-0.2, -0.15) is 0 Å². The van der Waals surface area contributed by atoms with E-state index in [2.05, 4.69) is 5.32 Å². The van der Waals surface area contributed by atoms with E-state index < -0.39 is 6.04 Å². The molecule has 0 aliphatic carbocycles. The van der Waals surface area contributed by atoms with Crippen LogP contribution in [0.25, 0.3) is 0 Å². The van der Waals surface area contributed by atoms with Crippen LogP contribution in [0.15, 0.2) is 48.5 Å². The van der Waals surface area contributed by atoms with Crippen LogP contribution in [0, 0.1) is 5.92 Å². The molecule has 0 aromatic heterocycles. The van der Waals surface area contributed by atoms with Gasteiger partial charge in [0.25, 0.3) is 5.91 Å². The molecule has 0 radical (unpaired) electrons. The monoisotopic (exact) mass is 349 g/mol. The van der Waals surface area contributed by atoms with E-state index in [1.54, 1.807) is 48.5 Å². The van der Waals surface area contributed by atoms with Crippen molar-refractivity contribution in [1.82, 2.24) is 5.32 Å². The molecular weight excluding hydrogens is 333 g/mol. The molecule has 0 spiro atoms. The number of ketones is 1. The fraction of sp³-hybridized carbons (Fsp3) is 0.222. The number of halogens is 2. The van der Waals surface area contributed by atoms with Crippen LogP contribution >= 0.6 is 23.2 Å². The van der Waals surface area contributed by atoms with Crippen LogP contribution in [-0.2, 0) is 0 Å². The van der Waals surface area contributed by atoms with Crippen molar-refractivity contribution >= 4 is 34.9 Å². The summed E-state index contributed by atoms with van der Waals surface area (Å²) in [5, 5.41) is 3.69. The lowest BCUT2D eigenvalue weighted by molar-refractivity contribution is 0.0831. The van der Waals surface area contributed by atoms with Crippen LogP contribution in [0.3, 0.4) is 0 Å². The summed E-state index contributed by atoms with van der Waals surface area (Å²) in [6.07, 6.45) is 0. The molecule has 0 saturated heterocycles.